The van der Waals surface area contributed by atoms with Crippen molar-refractivity contribution in [2.45, 2.75) is 33.1 Å². The summed E-state index contributed by atoms with van der Waals surface area (Å²) in [6, 6.07) is 19.7. The van der Waals surface area contributed by atoms with Crippen molar-refractivity contribution in [3.63, 3.8) is 0 Å². The van der Waals surface area contributed by atoms with E-state index in [0.717, 1.165) is 6.42 Å². The van der Waals surface area contributed by atoms with Crippen LogP contribution >= 0.6 is 0 Å². The van der Waals surface area contributed by atoms with Gasteiger partial charge >= 0.3 is 0 Å². The number of nitrogens with two attached hydrogens (primary N) is 1. The topological polar surface area (TPSA) is 26.0 Å². The fourth-order valence-electron chi connectivity index (χ4n) is 3.71. The lowest BCUT2D eigenvalue weighted by Crippen LogP contribution is -2.16. The molecule has 0 aromatic heterocycles. The molecule has 118 valence electrons. The summed E-state index contributed by atoms with van der Waals surface area (Å²) in [5, 5.41) is 2.62. The van der Waals surface area contributed by atoms with Gasteiger partial charge in [-0.15, -0.1) is 0 Å². The van der Waals surface area contributed by atoms with Crippen LogP contribution in [0.1, 0.15) is 33.7 Å². The van der Waals surface area contributed by atoms with Crippen molar-refractivity contribution in [2.24, 2.45) is 5.73 Å². The molecule has 0 bridgehead atoms. The van der Waals surface area contributed by atoms with Crippen LogP contribution < -0.4 is 5.73 Å². The lowest BCUT2D eigenvalue weighted by molar-refractivity contribution is 0.694. The summed E-state index contributed by atoms with van der Waals surface area (Å²) >= 11 is 0. The zero-order valence-electron chi connectivity index (χ0n) is 14.3. The zero-order valence-corrected chi connectivity index (χ0v) is 14.3. The van der Waals surface area contributed by atoms with Crippen molar-refractivity contribution in [3.8, 4) is 0 Å². The van der Waals surface area contributed by atoms with Crippen molar-refractivity contribution in [1.82, 2.24) is 0 Å². The van der Waals surface area contributed by atoms with Gasteiger partial charge in [0.05, 0.1) is 0 Å². The minimum Gasteiger partial charge on any atom is -0.330 e. The second kappa shape index (κ2) is 6.55. The highest BCUT2D eigenvalue weighted by Crippen LogP contribution is 2.30. The molecule has 0 amide bonds. The average Bonchev–Trinajstić information content (AvgIpc) is 2.54. The van der Waals surface area contributed by atoms with Crippen molar-refractivity contribution in [2.75, 3.05) is 6.54 Å². The van der Waals surface area contributed by atoms with Gasteiger partial charge in [0, 0.05) is 5.92 Å². The number of hydrogen-bond acceptors (Lipinski definition) is 1. The monoisotopic (exact) mass is 303 g/mol. The van der Waals surface area contributed by atoms with Crippen LogP contribution in [-0.4, -0.2) is 6.54 Å². The van der Waals surface area contributed by atoms with E-state index in [-0.39, 0.29) is 0 Å². The van der Waals surface area contributed by atoms with Gasteiger partial charge in [-0.3, -0.25) is 0 Å². The molecule has 1 nitrogen and oxygen atoms in total. The minimum atomic E-state index is 0.348. The van der Waals surface area contributed by atoms with E-state index < -0.39 is 0 Å². The normalized spacial score (nSPS) is 12.5. The van der Waals surface area contributed by atoms with E-state index in [4.69, 9.17) is 5.73 Å². The van der Waals surface area contributed by atoms with Crippen LogP contribution in [0.2, 0.25) is 0 Å². The summed E-state index contributed by atoms with van der Waals surface area (Å²) < 4.78 is 0. The van der Waals surface area contributed by atoms with Crippen molar-refractivity contribution >= 4 is 10.8 Å². The number of hydrogen-bond donors (Lipinski definition) is 1. The van der Waals surface area contributed by atoms with E-state index in [0.29, 0.717) is 12.5 Å². The molecule has 1 atom stereocenters. The van der Waals surface area contributed by atoms with Gasteiger partial charge in [-0.05, 0) is 66.8 Å². The third kappa shape index (κ3) is 3.16. The fraction of sp³-hybridized carbons (Fsp3) is 0.273. The van der Waals surface area contributed by atoms with Crippen LogP contribution in [0, 0.1) is 20.8 Å². The maximum atomic E-state index is 6.17. The predicted molar refractivity (Wildman–Crippen MR) is 100 cm³/mol. The third-order valence-corrected chi connectivity index (χ3v) is 4.84. The van der Waals surface area contributed by atoms with Crippen LogP contribution in [0.5, 0.6) is 0 Å². The van der Waals surface area contributed by atoms with Gasteiger partial charge < -0.3 is 5.73 Å². The first-order valence-electron chi connectivity index (χ1n) is 8.34. The highest BCUT2D eigenvalue weighted by molar-refractivity contribution is 5.86. The van der Waals surface area contributed by atoms with Gasteiger partial charge in [-0.1, -0.05) is 60.2 Å². The molecule has 3 aromatic rings. The van der Waals surface area contributed by atoms with Crippen LogP contribution in [0.4, 0.5) is 0 Å². The summed E-state index contributed by atoms with van der Waals surface area (Å²) in [6.07, 6.45) is 1.00. The molecule has 0 aliphatic heterocycles. The molecular formula is C22H25N. The Bertz CT molecular complexity index is 804. The van der Waals surface area contributed by atoms with Crippen LogP contribution in [0.15, 0.2) is 54.6 Å². The van der Waals surface area contributed by atoms with Gasteiger partial charge in [-0.25, -0.2) is 0 Å². The second-order valence-corrected chi connectivity index (χ2v) is 6.58. The van der Waals surface area contributed by atoms with E-state index in [1.807, 2.05) is 0 Å². The predicted octanol–water partition coefficient (Wildman–Crippen LogP) is 5.05. The third-order valence-electron chi connectivity index (χ3n) is 4.84. The molecule has 0 saturated carbocycles. The highest BCUT2D eigenvalue weighted by Gasteiger charge is 2.16. The van der Waals surface area contributed by atoms with Gasteiger partial charge in [-0.2, -0.15) is 0 Å². The fourth-order valence-corrected chi connectivity index (χ4v) is 3.71. The standard InChI is InChI=1S/C22H25N/c1-15-11-16(2)22(17(3)12-15)13-19(14-23)21-10-6-8-18-7-4-5-9-20(18)21/h4-12,19H,13-14,23H2,1-3H3. The Morgan fingerprint density at radius 3 is 2.22 bits per heavy atom. The Hall–Kier alpha value is -2.12. The number of aryl methyl sites for hydroxylation is 3. The molecule has 3 aromatic carbocycles. The molecule has 1 heteroatoms. The Balaban J connectivity index is 2.03. The Kier molecular flexibility index (Phi) is 4.49. The molecule has 1 unspecified atom stereocenters. The zero-order chi connectivity index (χ0) is 16.4. The van der Waals surface area contributed by atoms with Gasteiger partial charge in [0.15, 0.2) is 0 Å². The van der Waals surface area contributed by atoms with Crippen molar-refractivity contribution in [1.29, 1.82) is 0 Å². The van der Waals surface area contributed by atoms with E-state index in [1.165, 1.54) is 38.6 Å². The molecular weight excluding hydrogens is 278 g/mol. The van der Waals surface area contributed by atoms with Gasteiger partial charge in [0.1, 0.15) is 0 Å². The smallest absolute Gasteiger partial charge is 0.000792 e. The summed E-state index contributed by atoms with van der Waals surface area (Å²) in [4.78, 5) is 0. The van der Waals surface area contributed by atoms with Crippen LogP contribution in [0.3, 0.4) is 0 Å². The van der Waals surface area contributed by atoms with E-state index in [2.05, 4.69) is 75.4 Å². The molecule has 3 rings (SSSR count). The Morgan fingerprint density at radius 1 is 0.870 bits per heavy atom. The first-order valence-corrected chi connectivity index (χ1v) is 8.34. The summed E-state index contributed by atoms with van der Waals surface area (Å²) in [7, 11) is 0. The van der Waals surface area contributed by atoms with Gasteiger partial charge in [0.25, 0.3) is 0 Å². The molecule has 0 aliphatic rings. The van der Waals surface area contributed by atoms with E-state index in [1.54, 1.807) is 0 Å². The molecule has 0 spiro atoms. The average molecular weight is 303 g/mol. The second-order valence-electron chi connectivity index (χ2n) is 6.58. The SMILES string of the molecule is Cc1cc(C)c(CC(CN)c2cccc3ccccc23)c(C)c1. The van der Waals surface area contributed by atoms with E-state index >= 15 is 0 Å². The largest absolute Gasteiger partial charge is 0.330 e. The molecule has 0 saturated heterocycles. The Labute approximate surface area is 139 Å². The first-order chi connectivity index (χ1) is 11.1. The molecule has 23 heavy (non-hydrogen) atoms. The molecule has 0 fully saturated rings. The maximum Gasteiger partial charge on any atom is 0.000792 e. The lowest BCUT2D eigenvalue weighted by Gasteiger charge is -2.20. The molecule has 0 aliphatic carbocycles. The molecule has 2 N–H and O–H groups in total. The number of rotatable bonds is 4. The molecule has 0 heterocycles. The first kappa shape index (κ1) is 15.8. The number of fused-ring (bicyclic) bond motifs is 1. The number of benzene rings is 3. The minimum absolute atomic E-state index is 0.348. The molecule has 0 radical (unpaired) electrons. The summed E-state index contributed by atoms with van der Waals surface area (Å²) in [5.74, 6) is 0.348. The maximum absolute atomic E-state index is 6.17. The van der Waals surface area contributed by atoms with Crippen molar-refractivity contribution < 1.29 is 0 Å². The van der Waals surface area contributed by atoms with E-state index in [9.17, 15) is 0 Å². The van der Waals surface area contributed by atoms with Crippen molar-refractivity contribution in [3.05, 3.63) is 82.4 Å². The quantitative estimate of drug-likeness (QED) is 0.717. The van der Waals surface area contributed by atoms with Crippen LogP contribution in [0.25, 0.3) is 10.8 Å². The highest BCUT2D eigenvalue weighted by atomic mass is 14.5. The summed E-state index contributed by atoms with van der Waals surface area (Å²) in [5.41, 5.74) is 13.1. The Morgan fingerprint density at radius 2 is 1.52 bits per heavy atom. The summed E-state index contributed by atoms with van der Waals surface area (Å²) in [6.45, 7) is 7.26. The van der Waals surface area contributed by atoms with Crippen LogP contribution in [-0.2, 0) is 6.42 Å². The van der Waals surface area contributed by atoms with Gasteiger partial charge in [0.2, 0.25) is 0 Å². The lowest BCUT2D eigenvalue weighted by atomic mass is 9.85.